The first-order valence-corrected chi connectivity index (χ1v) is 21.5. The van der Waals surface area contributed by atoms with Gasteiger partial charge < -0.3 is 23.5 Å². The van der Waals surface area contributed by atoms with Gasteiger partial charge in [-0.15, -0.1) is 0 Å². The Labute approximate surface area is 337 Å². The molecule has 3 aliphatic carbocycles. The van der Waals surface area contributed by atoms with E-state index < -0.39 is 88.1 Å². The van der Waals surface area contributed by atoms with E-state index in [0.717, 1.165) is 30.6 Å². The predicted molar refractivity (Wildman–Crippen MR) is 193 cm³/mol. The normalized spacial score (nSPS) is 23.7. The minimum atomic E-state index is -6.66. The van der Waals surface area contributed by atoms with Crippen LogP contribution in [0.4, 0.5) is 43.9 Å². The fourth-order valence-electron chi connectivity index (χ4n) is 8.46. The van der Waals surface area contributed by atoms with Crippen LogP contribution in [0.5, 0.6) is 11.5 Å². The quantitative estimate of drug-likeness (QED) is 0.0577. The summed E-state index contributed by atoms with van der Waals surface area (Å²) in [5.74, 6) is -5.17. The molecule has 0 saturated heterocycles. The molecule has 3 aromatic carbocycles. The lowest BCUT2D eigenvalue weighted by Crippen LogP contribution is -2.64. The Hall–Kier alpha value is -3.26. The lowest BCUT2D eigenvalue weighted by atomic mass is 9.80. The molecule has 0 heterocycles. The molecule has 3 aromatic rings. The van der Waals surface area contributed by atoms with Crippen molar-refractivity contribution in [1.29, 1.82) is 0 Å². The van der Waals surface area contributed by atoms with E-state index in [4.69, 9.17) is 18.9 Å². The van der Waals surface area contributed by atoms with E-state index in [2.05, 4.69) is 0 Å². The standard InChI is InChI=1S/C40H42F10O7S2/c1-24(2)35(56-34-22-25-21-33(34)32-10-6-9-31(25)32)57-36(38(43,44)45,39(46,47)48)23-55-27-13-17-30(18-14-27)58(28-7-4-3-5-8-28)29-15-11-26(12-16-29)54-20-19-37(41,42)40(49,50)59(51,52)53/h3-5,7-8,11-18,24-25,31-35H,6,9-10,19-23H2,1-2H3. The number of benzene rings is 3. The Morgan fingerprint density at radius 3 is 1.76 bits per heavy atom. The van der Waals surface area contributed by atoms with Gasteiger partial charge in [-0.05, 0) is 110 Å². The van der Waals surface area contributed by atoms with Gasteiger partial charge in [0.25, 0.3) is 5.60 Å². The molecule has 0 radical (unpaired) electrons. The van der Waals surface area contributed by atoms with Crippen LogP contribution in [0.1, 0.15) is 52.4 Å². The van der Waals surface area contributed by atoms with Crippen molar-refractivity contribution in [3.8, 4) is 11.5 Å². The van der Waals surface area contributed by atoms with Crippen LogP contribution in [-0.2, 0) is 30.5 Å². The summed E-state index contributed by atoms with van der Waals surface area (Å²) < 4.78 is 197. The Balaban J connectivity index is 1.17. The summed E-state index contributed by atoms with van der Waals surface area (Å²) >= 11 is 0. The van der Waals surface area contributed by atoms with Crippen molar-refractivity contribution in [2.24, 2.45) is 29.6 Å². The van der Waals surface area contributed by atoms with Crippen molar-refractivity contribution in [1.82, 2.24) is 0 Å². The van der Waals surface area contributed by atoms with Gasteiger partial charge in [0.1, 0.15) is 18.1 Å². The molecule has 0 aliphatic heterocycles. The van der Waals surface area contributed by atoms with Crippen LogP contribution in [0.15, 0.2) is 93.5 Å². The summed E-state index contributed by atoms with van der Waals surface area (Å²) in [5.41, 5.74) is -4.73. The van der Waals surface area contributed by atoms with E-state index in [-0.39, 0.29) is 17.4 Å². The molecule has 6 rings (SSSR count). The maximum Gasteiger partial charge on any atom is 0.430 e. The smallest absolute Gasteiger partial charge is 0.430 e. The van der Waals surface area contributed by atoms with Crippen molar-refractivity contribution < 1.29 is 75.8 Å². The van der Waals surface area contributed by atoms with Crippen LogP contribution >= 0.6 is 0 Å². The van der Waals surface area contributed by atoms with Gasteiger partial charge in [0.05, 0.1) is 30.0 Å². The van der Waals surface area contributed by atoms with E-state index in [0.29, 0.717) is 34.0 Å². The molecule has 3 saturated carbocycles. The van der Waals surface area contributed by atoms with E-state index in [1.807, 2.05) is 0 Å². The molecule has 7 nitrogen and oxygen atoms in total. The Morgan fingerprint density at radius 1 is 0.712 bits per heavy atom. The van der Waals surface area contributed by atoms with Crippen LogP contribution in [0, 0.1) is 29.6 Å². The minimum Gasteiger partial charge on any atom is -0.743 e. The summed E-state index contributed by atoms with van der Waals surface area (Å²) in [4.78, 5) is 1.83. The van der Waals surface area contributed by atoms with Gasteiger partial charge in [-0.3, -0.25) is 0 Å². The first-order valence-electron chi connectivity index (χ1n) is 18.9. The summed E-state index contributed by atoms with van der Waals surface area (Å²) in [6.07, 6.45) is -11.5. The third-order valence-electron chi connectivity index (χ3n) is 11.4. The molecule has 7 atom stereocenters. The molecule has 3 fully saturated rings. The van der Waals surface area contributed by atoms with E-state index in [1.165, 1.54) is 62.4 Å². The molecule has 0 aromatic heterocycles. The largest absolute Gasteiger partial charge is 0.743 e. The number of ether oxygens (including phenoxy) is 4. The summed E-state index contributed by atoms with van der Waals surface area (Å²) in [6.45, 7) is -0.142. The van der Waals surface area contributed by atoms with E-state index in [1.54, 1.807) is 30.3 Å². The molecule has 0 amide bonds. The number of rotatable bonds is 17. The molecule has 0 spiro atoms. The van der Waals surface area contributed by atoms with Gasteiger partial charge in [0, 0.05) is 5.92 Å². The van der Waals surface area contributed by atoms with Crippen molar-refractivity contribution >= 4 is 21.0 Å². The molecule has 7 unspecified atom stereocenters. The fourth-order valence-corrected chi connectivity index (χ4v) is 11.0. The Bertz CT molecular complexity index is 1960. The Kier molecular flexibility index (Phi) is 13.0. The van der Waals surface area contributed by atoms with Gasteiger partial charge in [-0.1, -0.05) is 38.5 Å². The number of hydrogen-bond donors (Lipinski definition) is 0. The fraction of sp³-hybridized carbons (Fsp3) is 0.550. The highest BCUT2D eigenvalue weighted by molar-refractivity contribution is 7.97. The third-order valence-corrected chi connectivity index (χ3v) is 14.6. The topological polar surface area (TPSA) is 94.1 Å². The number of halogens is 10. The number of hydrogen-bond acceptors (Lipinski definition) is 7. The van der Waals surface area contributed by atoms with Crippen LogP contribution < -0.4 is 9.47 Å². The van der Waals surface area contributed by atoms with E-state index in [9.17, 15) is 56.9 Å². The average Bonchev–Trinajstić information content (AvgIpc) is 3.88. The maximum absolute atomic E-state index is 14.7. The van der Waals surface area contributed by atoms with Gasteiger partial charge in [-0.2, -0.15) is 43.9 Å². The molecular weight excluding hydrogens is 847 g/mol. The third kappa shape index (κ3) is 9.19. The second-order valence-electron chi connectivity index (χ2n) is 15.5. The lowest BCUT2D eigenvalue weighted by molar-refractivity contribution is -0.421. The average molecular weight is 889 g/mol. The van der Waals surface area contributed by atoms with Crippen molar-refractivity contribution in [3.05, 3.63) is 78.9 Å². The minimum absolute atomic E-state index is 0.0649. The summed E-state index contributed by atoms with van der Waals surface area (Å²) in [5, 5.41) is -5.86. The molecule has 59 heavy (non-hydrogen) atoms. The molecule has 19 heteroatoms. The molecule has 326 valence electrons. The van der Waals surface area contributed by atoms with Crippen LogP contribution in [0.25, 0.3) is 0 Å². The van der Waals surface area contributed by atoms with Gasteiger partial charge in [0.15, 0.2) is 31.1 Å². The SMILES string of the molecule is CC(C)C(OC1CC2CC1C1CCCC21)OC(COc1ccc([S+](c2ccccc2)c2ccc(OCCC(F)(F)C(F)(F)S(=O)(=O)[O-])cc2)cc1)(C(F)(F)F)C(F)(F)F. The molecular formula is C40H42F10O7S2. The molecule has 3 aliphatic rings. The highest BCUT2D eigenvalue weighted by atomic mass is 32.2. The van der Waals surface area contributed by atoms with Crippen molar-refractivity contribution in [3.63, 3.8) is 0 Å². The van der Waals surface area contributed by atoms with Gasteiger partial charge in [-0.25, -0.2) is 8.42 Å². The zero-order chi connectivity index (χ0) is 43.2. The molecule has 2 bridgehead atoms. The lowest BCUT2D eigenvalue weighted by Gasteiger charge is -2.42. The monoisotopic (exact) mass is 888 g/mol. The second kappa shape index (κ2) is 16.9. The molecule has 0 N–H and O–H groups in total. The first kappa shape index (κ1) is 45.3. The summed E-state index contributed by atoms with van der Waals surface area (Å²) in [7, 11) is -7.63. The van der Waals surface area contributed by atoms with Crippen molar-refractivity contribution in [2.75, 3.05) is 13.2 Å². The zero-order valence-electron chi connectivity index (χ0n) is 31.7. The van der Waals surface area contributed by atoms with Crippen LogP contribution in [0.3, 0.4) is 0 Å². The van der Waals surface area contributed by atoms with Crippen molar-refractivity contribution in [2.45, 2.75) is 109 Å². The highest BCUT2D eigenvalue weighted by Crippen LogP contribution is 2.60. The highest BCUT2D eigenvalue weighted by Gasteiger charge is 2.74. The number of alkyl halides is 10. The Morgan fingerprint density at radius 2 is 1.24 bits per heavy atom. The second-order valence-corrected chi connectivity index (χ2v) is 19.0. The van der Waals surface area contributed by atoms with Crippen LogP contribution in [0.2, 0.25) is 0 Å². The zero-order valence-corrected chi connectivity index (χ0v) is 33.3. The van der Waals surface area contributed by atoms with Crippen LogP contribution in [-0.4, -0.2) is 67.7 Å². The van der Waals surface area contributed by atoms with Gasteiger partial charge in [0.2, 0.25) is 0 Å². The van der Waals surface area contributed by atoms with Gasteiger partial charge >= 0.3 is 23.5 Å². The predicted octanol–water partition coefficient (Wildman–Crippen LogP) is 10.4. The summed E-state index contributed by atoms with van der Waals surface area (Å²) in [6, 6.07) is 19.7. The first-order chi connectivity index (χ1) is 27.5. The number of fused-ring (bicyclic) bond motifs is 5. The van der Waals surface area contributed by atoms with E-state index >= 15 is 0 Å². The maximum atomic E-state index is 14.7.